The first-order chi connectivity index (χ1) is 6.27. The van der Waals surface area contributed by atoms with Gasteiger partial charge >= 0.3 is 0 Å². The van der Waals surface area contributed by atoms with E-state index >= 15 is 0 Å². The number of thiophene rings is 1. The Morgan fingerprint density at radius 1 is 1.23 bits per heavy atom. The molecule has 2 aromatic rings. The van der Waals surface area contributed by atoms with E-state index in [9.17, 15) is 0 Å². The Bertz CT molecular complexity index is 411. The van der Waals surface area contributed by atoms with Crippen LogP contribution in [0.3, 0.4) is 0 Å². The fourth-order valence-electron chi connectivity index (χ4n) is 0.956. The maximum Gasteiger partial charge on any atom is 0.242 e. The van der Waals surface area contributed by atoms with E-state index in [2.05, 4.69) is 15.2 Å². The van der Waals surface area contributed by atoms with Crippen molar-refractivity contribution in [3.8, 4) is 11.3 Å². The molecule has 0 saturated heterocycles. The van der Waals surface area contributed by atoms with Crippen LogP contribution >= 0.6 is 11.3 Å². The second-order valence-corrected chi connectivity index (χ2v) is 3.20. The summed E-state index contributed by atoms with van der Waals surface area (Å²) in [5, 5.41) is 11.4. The van der Waals surface area contributed by atoms with Gasteiger partial charge in [-0.2, -0.15) is 16.3 Å². The van der Waals surface area contributed by atoms with Crippen molar-refractivity contribution in [2.24, 2.45) is 0 Å². The molecule has 0 spiro atoms. The highest BCUT2D eigenvalue weighted by molar-refractivity contribution is 7.08. The molecule has 0 saturated carbocycles. The molecule has 0 bridgehead atoms. The number of rotatable bonds is 1. The van der Waals surface area contributed by atoms with E-state index in [1.54, 1.807) is 11.3 Å². The highest BCUT2D eigenvalue weighted by Gasteiger charge is 2.06. The average molecular weight is 193 g/mol. The lowest BCUT2D eigenvalue weighted by atomic mass is 10.2. The molecule has 0 radical (unpaired) electrons. The van der Waals surface area contributed by atoms with Crippen LogP contribution in [0.2, 0.25) is 0 Å². The maximum atomic E-state index is 5.62. The molecule has 4 N–H and O–H groups in total. The van der Waals surface area contributed by atoms with Gasteiger partial charge in [-0.1, -0.05) is 0 Å². The third-order valence-electron chi connectivity index (χ3n) is 1.52. The second kappa shape index (κ2) is 2.98. The minimum atomic E-state index is 0.0940. The molecule has 0 aliphatic carbocycles. The molecule has 0 atom stereocenters. The lowest BCUT2D eigenvalue weighted by molar-refractivity contribution is 1.00. The number of nitrogen functional groups attached to an aromatic ring is 2. The van der Waals surface area contributed by atoms with Gasteiger partial charge < -0.3 is 11.5 Å². The number of nitrogens with zero attached hydrogens (tertiary/aromatic N) is 3. The van der Waals surface area contributed by atoms with Crippen LogP contribution in [-0.4, -0.2) is 15.2 Å². The first kappa shape index (κ1) is 7.93. The lowest BCUT2D eigenvalue weighted by Gasteiger charge is -1.99. The van der Waals surface area contributed by atoms with Crippen LogP contribution in [0.4, 0.5) is 11.8 Å². The van der Waals surface area contributed by atoms with Gasteiger partial charge in [0.15, 0.2) is 5.82 Å². The van der Waals surface area contributed by atoms with Gasteiger partial charge in [-0.25, -0.2) is 0 Å². The molecular formula is C7H7N5S. The van der Waals surface area contributed by atoms with Crippen LogP contribution in [0, 0.1) is 0 Å². The van der Waals surface area contributed by atoms with Gasteiger partial charge in [0.05, 0.1) is 0 Å². The average Bonchev–Trinajstić information content (AvgIpc) is 2.56. The summed E-state index contributed by atoms with van der Waals surface area (Å²) in [4.78, 5) is 3.82. The van der Waals surface area contributed by atoms with Crippen LogP contribution in [0.15, 0.2) is 16.8 Å². The SMILES string of the molecule is Nc1nnc(-c2ccsc2)c(N)n1. The summed E-state index contributed by atoms with van der Waals surface area (Å²) in [6, 6.07) is 1.91. The normalized spacial score (nSPS) is 10.2. The van der Waals surface area contributed by atoms with E-state index in [1.165, 1.54) is 0 Å². The van der Waals surface area contributed by atoms with Crippen LogP contribution in [0.5, 0.6) is 0 Å². The molecule has 0 unspecified atom stereocenters. The minimum absolute atomic E-state index is 0.0940. The van der Waals surface area contributed by atoms with Crippen molar-refractivity contribution in [2.45, 2.75) is 0 Å². The monoisotopic (exact) mass is 193 g/mol. The van der Waals surface area contributed by atoms with Gasteiger partial charge in [0, 0.05) is 10.9 Å². The molecule has 2 rings (SSSR count). The molecular weight excluding hydrogens is 186 g/mol. The first-order valence-electron chi connectivity index (χ1n) is 3.55. The van der Waals surface area contributed by atoms with Crippen molar-refractivity contribution >= 4 is 23.1 Å². The van der Waals surface area contributed by atoms with Crippen LogP contribution in [0.1, 0.15) is 0 Å². The maximum absolute atomic E-state index is 5.62. The quantitative estimate of drug-likeness (QED) is 0.697. The predicted molar refractivity (Wildman–Crippen MR) is 52.0 cm³/mol. The largest absolute Gasteiger partial charge is 0.382 e. The number of hydrogen-bond acceptors (Lipinski definition) is 6. The third kappa shape index (κ3) is 1.43. The molecule has 5 nitrogen and oxygen atoms in total. The number of hydrogen-bond donors (Lipinski definition) is 2. The summed E-state index contributed by atoms with van der Waals surface area (Å²) in [5.41, 5.74) is 12.4. The molecule has 2 aromatic heterocycles. The highest BCUT2D eigenvalue weighted by Crippen LogP contribution is 2.23. The molecule has 0 aromatic carbocycles. The van der Waals surface area contributed by atoms with E-state index in [0.29, 0.717) is 11.5 Å². The van der Waals surface area contributed by atoms with Crippen molar-refractivity contribution in [1.29, 1.82) is 0 Å². The Morgan fingerprint density at radius 3 is 2.69 bits per heavy atom. The van der Waals surface area contributed by atoms with Crippen LogP contribution < -0.4 is 11.5 Å². The molecule has 6 heteroatoms. The number of nitrogens with two attached hydrogens (primary N) is 2. The van der Waals surface area contributed by atoms with Gasteiger partial charge in [0.1, 0.15) is 5.69 Å². The molecule has 0 aliphatic rings. The van der Waals surface area contributed by atoms with Crippen molar-refractivity contribution in [3.63, 3.8) is 0 Å². The van der Waals surface area contributed by atoms with Gasteiger partial charge in [-0.15, -0.1) is 10.2 Å². The summed E-state index contributed by atoms with van der Waals surface area (Å²) in [6.07, 6.45) is 0. The van der Waals surface area contributed by atoms with Crippen LogP contribution in [0.25, 0.3) is 11.3 Å². The van der Waals surface area contributed by atoms with E-state index in [1.807, 2.05) is 16.8 Å². The molecule has 0 amide bonds. The Kier molecular flexibility index (Phi) is 1.82. The fraction of sp³-hybridized carbons (Fsp3) is 0. The van der Waals surface area contributed by atoms with E-state index in [-0.39, 0.29) is 5.95 Å². The van der Waals surface area contributed by atoms with Crippen molar-refractivity contribution in [2.75, 3.05) is 11.5 Å². The molecule has 2 heterocycles. The van der Waals surface area contributed by atoms with Crippen molar-refractivity contribution in [1.82, 2.24) is 15.2 Å². The smallest absolute Gasteiger partial charge is 0.242 e. The molecule has 13 heavy (non-hydrogen) atoms. The molecule has 0 fully saturated rings. The van der Waals surface area contributed by atoms with Gasteiger partial charge in [0.25, 0.3) is 0 Å². The Labute approximate surface area is 78.4 Å². The zero-order valence-corrected chi connectivity index (χ0v) is 7.45. The summed E-state index contributed by atoms with van der Waals surface area (Å²) < 4.78 is 0. The first-order valence-corrected chi connectivity index (χ1v) is 4.50. The molecule has 66 valence electrons. The minimum Gasteiger partial charge on any atom is -0.382 e. The molecule has 0 aliphatic heterocycles. The summed E-state index contributed by atoms with van der Waals surface area (Å²) in [6.45, 7) is 0. The summed E-state index contributed by atoms with van der Waals surface area (Å²) in [5.74, 6) is 0.405. The zero-order chi connectivity index (χ0) is 9.26. The van der Waals surface area contributed by atoms with E-state index < -0.39 is 0 Å². The predicted octanol–water partition coefficient (Wildman–Crippen LogP) is 0.764. The van der Waals surface area contributed by atoms with Gasteiger partial charge in [0.2, 0.25) is 5.95 Å². The van der Waals surface area contributed by atoms with Crippen LogP contribution in [-0.2, 0) is 0 Å². The third-order valence-corrected chi connectivity index (χ3v) is 2.21. The number of anilines is 2. The van der Waals surface area contributed by atoms with Gasteiger partial charge in [-0.3, -0.25) is 0 Å². The summed E-state index contributed by atoms with van der Waals surface area (Å²) in [7, 11) is 0. The highest BCUT2D eigenvalue weighted by atomic mass is 32.1. The fourth-order valence-corrected chi connectivity index (χ4v) is 1.60. The van der Waals surface area contributed by atoms with Gasteiger partial charge in [-0.05, 0) is 11.4 Å². The Morgan fingerprint density at radius 2 is 2.08 bits per heavy atom. The second-order valence-electron chi connectivity index (χ2n) is 2.42. The van der Waals surface area contributed by atoms with Crippen molar-refractivity contribution < 1.29 is 0 Å². The standard InChI is InChI=1S/C7H7N5S/c8-6-5(4-1-2-13-3-4)11-12-7(9)10-6/h1-3H,(H4,8,9,10,12). The lowest BCUT2D eigenvalue weighted by Crippen LogP contribution is -2.03. The topological polar surface area (TPSA) is 90.7 Å². The number of aromatic nitrogens is 3. The van der Waals surface area contributed by atoms with E-state index in [0.717, 1.165) is 5.56 Å². The zero-order valence-electron chi connectivity index (χ0n) is 6.64. The summed E-state index contributed by atoms with van der Waals surface area (Å²) >= 11 is 1.56. The van der Waals surface area contributed by atoms with Crippen molar-refractivity contribution in [3.05, 3.63) is 16.8 Å². The Hall–Kier alpha value is -1.69. The Balaban J connectivity index is 2.53. The van der Waals surface area contributed by atoms with E-state index in [4.69, 9.17) is 11.5 Å².